The third-order valence-corrected chi connectivity index (χ3v) is 8.23. The Hall–Kier alpha value is -1.64. The van der Waals surface area contributed by atoms with Crippen LogP contribution in [-0.2, 0) is 24.3 Å². The number of esters is 1. The minimum atomic E-state index is -3.66. The maximum absolute atomic E-state index is 13.0. The first kappa shape index (κ1) is 24.0. The van der Waals surface area contributed by atoms with E-state index in [0.29, 0.717) is 25.4 Å². The molecule has 7 nitrogen and oxygen atoms in total. The molecule has 0 radical (unpaired) electrons. The van der Waals surface area contributed by atoms with E-state index in [9.17, 15) is 18.0 Å². The second-order valence-corrected chi connectivity index (χ2v) is 10.7. The van der Waals surface area contributed by atoms with Gasteiger partial charge in [0, 0.05) is 19.5 Å². The van der Waals surface area contributed by atoms with Gasteiger partial charge in [0.25, 0.3) is 5.91 Å². The van der Waals surface area contributed by atoms with E-state index in [0.717, 1.165) is 44.9 Å². The van der Waals surface area contributed by atoms with Gasteiger partial charge in [-0.2, -0.15) is 4.31 Å². The first-order valence-electron chi connectivity index (χ1n) is 11.1. The number of benzene rings is 1. The number of sulfonamides is 1. The largest absolute Gasteiger partial charge is 0.456 e. The van der Waals surface area contributed by atoms with Gasteiger partial charge in [-0.3, -0.25) is 9.59 Å². The molecule has 3 rings (SSSR count). The molecule has 1 N–H and O–H groups in total. The van der Waals surface area contributed by atoms with Crippen LogP contribution in [0.4, 0.5) is 5.69 Å². The van der Waals surface area contributed by atoms with Crippen molar-refractivity contribution in [2.75, 3.05) is 25.0 Å². The number of hydrogen-bond acceptors (Lipinski definition) is 5. The molecule has 1 aliphatic carbocycles. The van der Waals surface area contributed by atoms with Crippen molar-refractivity contribution < 1.29 is 22.7 Å². The molecule has 172 valence electrons. The number of halogens is 1. The minimum absolute atomic E-state index is 0.0858. The van der Waals surface area contributed by atoms with Crippen LogP contribution in [0.2, 0.25) is 5.02 Å². The molecule has 9 heteroatoms. The molecule has 2 fully saturated rings. The molecule has 1 amide bonds. The van der Waals surface area contributed by atoms with Crippen molar-refractivity contribution >= 4 is 39.2 Å². The van der Waals surface area contributed by atoms with Crippen molar-refractivity contribution in [3.8, 4) is 0 Å². The molecule has 1 saturated carbocycles. The molecule has 31 heavy (non-hydrogen) atoms. The van der Waals surface area contributed by atoms with Crippen LogP contribution in [0, 0.1) is 5.92 Å². The van der Waals surface area contributed by atoms with Gasteiger partial charge in [-0.15, -0.1) is 0 Å². The molecule has 1 aliphatic heterocycles. The van der Waals surface area contributed by atoms with Crippen LogP contribution >= 0.6 is 11.6 Å². The highest BCUT2D eigenvalue weighted by Gasteiger charge is 2.26. The van der Waals surface area contributed by atoms with Crippen LogP contribution in [0.1, 0.15) is 64.2 Å². The van der Waals surface area contributed by atoms with Crippen LogP contribution < -0.4 is 5.32 Å². The van der Waals surface area contributed by atoms with Crippen LogP contribution in [0.5, 0.6) is 0 Å². The Balaban J connectivity index is 1.55. The van der Waals surface area contributed by atoms with Gasteiger partial charge in [0.05, 0.1) is 15.6 Å². The number of nitrogens with one attached hydrogen (secondary N) is 1. The summed E-state index contributed by atoms with van der Waals surface area (Å²) in [4.78, 5) is 24.2. The summed E-state index contributed by atoms with van der Waals surface area (Å²) >= 11 is 6.16. The summed E-state index contributed by atoms with van der Waals surface area (Å²) in [6.45, 7) is 0.551. The van der Waals surface area contributed by atoms with Gasteiger partial charge in [-0.1, -0.05) is 50.1 Å². The number of rotatable bonds is 8. The zero-order chi connectivity index (χ0) is 22.3. The predicted octanol–water partition coefficient (Wildman–Crippen LogP) is 4.36. The molecular weight excluding hydrogens is 440 g/mol. The van der Waals surface area contributed by atoms with Gasteiger partial charge >= 0.3 is 5.97 Å². The summed E-state index contributed by atoms with van der Waals surface area (Å²) in [6.07, 6.45) is 9.56. The van der Waals surface area contributed by atoms with E-state index in [2.05, 4.69) is 5.32 Å². The Bertz CT molecular complexity index is 876. The van der Waals surface area contributed by atoms with Gasteiger partial charge in [-0.05, 0) is 43.4 Å². The van der Waals surface area contributed by atoms with Crippen LogP contribution in [-0.4, -0.2) is 44.3 Å². The lowest BCUT2D eigenvalue weighted by molar-refractivity contribution is -0.147. The SMILES string of the molecule is O=C(COC(=O)CCC1CCCC1)Nc1cc(S(=O)(=O)N2CCCCCC2)ccc1Cl. The lowest BCUT2D eigenvalue weighted by Gasteiger charge is -2.20. The fourth-order valence-corrected chi connectivity index (χ4v) is 5.93. The lowest BCUT2D eigenvalue weighted by atomic mass is 10.0. The summed E-state index contributed by atoms with van der Waals surface area (Å²) in [5, 5.41) is 2.78. The maximum atomic E-state index is 13.0. The summed E-state index contributed by atoms with van der Waals surface area (Å²) in [6, 6.07) is 4.26. The van der Waals surface area contributed by atoms with Gasteiger partial charge in [0.2, 0.25) is 10.0 Å². The molecule has 1 aromatic carbocycles. The van der Waals surface area contributed by atoms with Crippen molar-refractivity contribution in [2.24, 2.45) is 5.92 Å². The highest BCUT2D eigenvalue weighted by molar-refractivity contribution is 7.89. The first-order chi connectivity index (χ1) is 14.9. The van der Waals surface area contributed by atoms with E-state index in [4.69, 9.17) is 16.3 Å². The maximum Gasteiger partial charge on any atom is 0.306 e. The van der Waals surface area contributed by atoms with Crippen molar-refractivity contribution in [2.45, 2.75) is 69.1 Å². The number of nitrogens with zero attached hydrogens (tertiary/aromatic N) is 1. The number of carbonyl (C=O) groups is 2. The molecule has 0 bridgehead atoms. The predicted molar refractivity (Wildman–Crippen MR) is 119 cm³/mol. The second-order valence-electron chi connectivity index (χ2n) is 8.36. The van der Waals surface area contributed by atoms with Gasteiger partial charge in [-0.25, -0.2) is 8.42 Å². The summed E-state index contributed by atoms with van der Waals surface area (Å²) in [5.41, 5.74) is 0.185. The number of carbonyl (C=O) groups excluding carboxylic acids is 2. The highest BCUT2D eigenvalue weighted by Crippen LogP contribution is 2.29. The van der Waals surface area contributed by atoms with Crippen molar-refractivity contribution in [1.29, 1.82) is 0 Å². The number of hydrogen-bond donors (Lipinski definition) is 1. The van der Waals surface area contributed by atoms with Crippen LogP contribution in [0.25, 0.3) is 0 Å². The van der Waals surface area contributed by atoms with Gasteiger partial charge in [0.15, 0.2) is 6.61 Å². The Kier molecular flexibility index (Phi) is 8.75. The minimum Gasteiger partial charge on any atom is -0.456 e. The summed E-state index contributed by atoms with van der Waals surface area (Å²) in [7, 11) is -3.66. The van der Waals surface area contributed by atoms with Gasteiger partial charge in [0.1, 0.15) is 0 Å². The molecule has 0 spiro atoms. The van der Waals surface area contributed by atoms with E-state index in [1.54, 1.807) is 0 Å². The van der Waals surface area contributed by atoms with Crippen LogP contribution in [0.15, 0.2) is 23.1 Å². The third kappa shape index (κ3) is 6.92. The van der Waals surface area contributed by atoms with E-state index < -0.39 is 28.5 Å². The van der Waals surface area contributed by atoms with Gasteiger partial charge < -0.3 is 10.1 Å². The molecule has 2 aliphatic rings. The highest BCUT2D eigenvalue weighted by atomic mass is 35.5. The molecule has 0 atom stereocenters. The van der Waals surface area contributed by atoms with Crippen molar-refractivity contribution in [3.05, 3.63) is 23.2 Å². The Morgan fingerprint density at radius 3 is 2.42 bits per heavy atom. The molecule has 1 aromatic rings. The first-order valence-corrected chi connectivity index (χ1v) is 12.9. The van der Waals surface area contributed by atoms with Crippen molar-refractivity contribution in [1.82, 2.24) is 4.31 Å². The molecule has 0 unspecified atom stereocenters. The average Bonchev–Trinajstić information content (AvgIpc) is 3.11. The van der Waals surface area contributed by atoms with E-state index >= 15 is 0 Å². The number of anilines is 1. The molecule has 1 heterocycles. The number of ether oxygens (including phenoxy) is 1. The topological polar surface area (TPSA) is 92.8 Å². The third-order valence-electron chi connectivity index (χ3n) is 6.01. The smallest absolute Gasteiger partial charge is 0.306 e. The normalized spacial score (nSPS) is 18.5. The Labute approximate surface area is 189 Å². The summed E-state index contributed by atoms with van der Waals surface area (Å²) < 4.78 is 32.5. The fraction of sp³-hybridized carbons (Fsp3) is 0.636. The zero-order valence-corrected chi connectivity index (χ0v) is 19.3. The molecule has 1 saturated heterocycles. The standard InChI is InChI=1S/C22H31ClN2O5S/c23-19-11-10-18(31(28,29)25-13-5-1-2-6-14-25)15-20(19)24-21(26)16-30-22(27)12-9-17-7-3-4-8-17/h10-11,15,17H,1-9,12-14,16H2,(H,24,26). The monoisotopic (exact) mass is 470 g/mol. The molecule has 0 aromatic heterocycles. The Morgan fingerprint density at radius 1 is 1.06 bits per heavy atom. The second kappa shape index (κ2) is 11.3. The zero-order valence-electron chi connectivity index (χ0n) is 17.8. The van der Waals surface area contributed by atoms with E-state index in [1.165, 1.54) is 35.3 Å². The quantitative estimate of drug-likeness (QED) is 0.570. The Morgan fingerprint density at radius 2 is 1.74 bits per heavy atom. The van der Waals surface area contributed by atoms with Crippen LogP contribution in [0.3, 0.4) is 0 Å². The van der Waals surface area contributed by atoms with E-state index in [-0.39, 0.29) is 15.6 Å². The lowest BCUT2D eigenvalue weighted by Crippen LogP contribution is -2.32. The fourth-order valence-electron chi connectivity index (χ4n) is 4.22. The average molecular weight is 471 g/mol. The molecular formula is C22H31ClN2O5S. The summed E-state index contributed by atoms with van der Waals surface area (Å²) in [5.74, 6) is -0.375. The number of amides is 1. The van der Waals surface area contributed by atoms with E-state index in [1.807, 2.05) is 0 Å². The van der Waals surface area contributed by atoms with Crippen molar-refractivity contribution in [3.63, 3.8) is 0 Å².